The van der Waals surface area contributed by atoms with Crippen molar-refractivity contribution in [2.24, 2.45) is 5.92 Å². The Morgan fingerprint density at radius 2 is 2.10 bits per heavy atom. The number of aromatic amines is 1. The molecule has 2 aromatic rings. The van der Waals surface area contributed by atoms with Crippen LogP contribution in [0, 0.1) is 5.92 Å². The first-order valence-corrected chi connectivity index (χ1v) is 10.5. The molecule has 0 aliphatic carbocycles. The molecule has 2 fully saturated rings. The van der Waals surface area contributed by atoms with Gasteiger partial charge in [-0.15, -0.1) is 0 Å². The largest absolute Gasteiger partial charge is 0.494 e. The van der Waals surface area contributed by atoms with Crippen molar-refractivity contribution in [2.45, 2.75) is 45.1 Å². The van der Waals surface area contributed by atoms with Gasteiger partial charge in [0.25, 0.3) is 0 Å². The Balaban J connectivity index is 1.57. The minimum atomic E-state index is -0.690. The van der Waals surface area contributed by atoms with Crippen LogP contribution < -0.4 is 15.0 Å². The van der Waals surface area contributed by atoms with E-state index >= 15 is 0 Å². The molecule has 8 nitrogen and oxygen atoms in total. The smallest absolute Gasteiger partial charge is 0.324 e. The first-order chi connectivity index (χ1) is 13.9. The SMILES string of the molecule is COc1ccc(N2CCCC(C)C2)c2nc(NC(=O)N3CCC(C)(O)CC3)[nH]c12. The number of likely N-dealkylation sites (tertiary alicyclic amines) is 1. The number of rotatable bonds is 3. The number of aliphatic hydroxyl groups is 1. The number of methoxy groups -OCH3 is 1. The molecule has 1 aromatic carbocycles. The molecule has 0 radical (unpaired) electrons. The summed E-state index contributed by atoms with van der Waals surface area (Å²) in [5.41, 5.74) is 1.98. The summed E-state index contributed by atoms with van der Waals surface area (Å²) < 4.78 is 5.51. The molecule has 0 spiro atoms. The van der Waals surface area contributed by atoms with Gasteiger partial charge in [-0.25, -0.2) is 9.78 Å². The summed E-state index contributed by atoms with van der Waals surface area (Å²) >= 11 is 0. The molecule has 2 aliphatic rings. The molecule has 158 valence electrons. The molecule has 1 aromatic heterocycles. The molecular weight excluding hydrogens is 370 g/mol. The highest BCUT2D eigenvalue weighted by molar-refractivity contribution is 5.97. The number of urea groups is 1. The van der Waals surface area contributed by atoms with Gasteiger partial charge in [-0.1, -0.05) is 6.92 Å². The van der Waals surface area contributed by atoms with Crippen LogP contribution in [0.1, 0.15) is 39.5 Å². The fourth-order valence-electron chi connectivity index (χ4n) is 4.32. The van der Waals surface area contributed by atoms with E-state index in [1.54, 1.807) is 12.0 Å². The highest BCUT2D eigenvalue weighted by Gasteiger charge is 2.30. The molecule has 1 unspecified atom stereocenters. The number of anilines is 2. The van der Waals surface area contributed by atoms with E-state index in [0.29, 0.717) is 43.5 Å². The fraction of sp³-hybridized carbons (Fsp3) is 0.619. The van der Waals surface area contributed by atoms with E-state index < -0.39 is 5.60 Å². The number of carbonyl (C=O) groups excluding carboxylic acids is 1. The zero-order chi connectivity index (χ0) is 20.6. The van der Waals surface area contributed by atoms with E-state index in [4.69, 9.17) is 9.72 Å². The predicted molar refractivity (Wildman–Crippen MR) is 114 cm³/mol. The van der Waals surface area contributed by atoms with Crippen LogP contribution in [0.3, 0.4) is 0 Å². The summed E-state index contributed by atoms with van der Waals surface area (Å²) in [4.78, 5) is 24.7. The number of fused-ring (bicyclic) bond motifs is 1. The van der Waals surface area contributed by atoms with Gasteiger partial charge in [-0.05, 0) is 50.7 Å². The van der Waals surface area contributed by atoms with Gasteiger partial charge in [-0.2, -0.15) is 0 Å². The van der Waals surface area contributed by atoms with E-state index in [-0.39, 0.29) is 6.03 Å². The maximum atomic E-state index is 12.7. The Morgan fingerprint density at radius 1 is 1.34 bits per heavy atom. The van der Waals surface area contributed by atoms with Gasteiger partial charge in [0, 0.05) is 26.2 Å². The molecule has 3 heterocycles. The van der Waals surface area contributed by atoms with E-state index in [2.05, 4.69) is 28.2 Å². The lowest BCUT2D eigenvalue weighted by Crippen LogP contribution is -2.46. The van der Waals surface area contributed by atoms with Crippen LogP contribution in [0.5, 0.6) is 5.75 Å². The Hall–Kier alpha value is -2.48. The van der Waals surface area contributed by atoms with Crippen LogP contribution in [0.4, 0.5) is 16.4 Å². The van der Waals surface area contributed by atoms with Gasteiger partial charge in [0.05, 0.1) is 18.4 Å². The monoisotopic (exact) mass is 401 g/mol. The average Bonchev–Trinajstić information content (AvgIpc) is 3.10. The van der Waals surface area contributed by atoms with Crippen molar-refractivity contribution in [1.82, 2.24) is 14.9 Å². The molecule has 29 heavy (non-hydrogen) atoms. The second-order valence-corrected chi connectivity index (χ2v) is 8.70. The summed E-state index contributed by atoms with van der Waals surface area (Å²) in [5.74, 6) is 1.77. The maximum Gasteiger partial charge on any atom is 0.324 e. The number of amides is 2. The second kappa shape index (κ2) is 7.74. The lowest BCUT2D eigenvalue weighted by molar-refractivity contribution is 0.00569. The van der Waals surface area contributed by atoms with Crippen molar-refractivity contribution in [3.8, 4) is 5.75 Å². The maximum absolute atomic E-state index is 12.7. The third kappa shape index (κ3) is 4.12. The van der Waals surface area contributed by atoms with Crippen LogP contribution in [0.15, 0.2) is 12.1 Å². The minimum absolute atomic E-state index is 0.202. The third-order valence-electron chi connectivity index (χ3n) is 6.16. The number of hydrogen-bond acceptors (Lipinski definition) is 5. The van der Waals surface area contributed by atoms with Gasteiger partial charge in [0.2, 0.25) is 5.95 Å². The minimum Gasteiger partial charge on any atom is -0.494 e. The normalized spacial score (nSPS) is 22.0. The highest BCUT2D eigenvalue weighted by atomic mass is 16.5. The van der Waals surface area contributed by atoms with Gasteiger partial charge in [-0.3, -0.25) is 5.32 Å². The quantitative estimate of drug-likeness (QED) is 0.734. The summed E-state index contributed by atoms with van der Waals surface area (Å²) in [5, 5.41) is 13.0. The number of aromatic nitrogens is 2. The summed E-state index contributed by atoms with van der Waals surface area (Å²) in [7, 11) is 1.64. The summed E-state index contributed by atoms with van der Waals surface area (Å²) in [6.45, 7) is 7.16. The lowest BCUT2D eigenvalue weighted by atomic mass is 9.94. The topological polar surface area (TPSA) is 93.7 Å². The fourth-order valence-corrected chi connectivity index (χ4v) is 4.32. The van der Waals surface area contributed by atoms with E-state index in [1.165, 1.54) is 12.8 Å². The zero-order valence-electron chi connectivity index (χ0n) is 17.5. The van der Waals surface area contributed by atoms with E-state index in [9.17, 15) is 9.90 Å². The number of ether oxygens (including phenoxy) is 1. The van der Waals surface area contributed by atoms with Crippen molar-refractivity contribution < 1.29 is 14.6 Å². The molecule has 1 atom stereocenters. The van der Waals surface area contributed by atoms with Crippen molar-refractivity contribution in [1.29, 1.82) is 0 Å². The molecule has 4 rings (SSSR count). The third-order valence-corrected chi connectivity index (χ3v) is 6.16. The molecule has 2 amide bonds. The molecule has 2 saturated heterocycles. The van der Waals surface area contributed by atoms with E-state index in [0.717, 1.165) is 29.8 Å². The molecule has 8 heteroatoms. The number of nitrogens with zero attached hydrogens (tertiary/aromatic N) is 3. The molecule has 2 aliphatic heterocycles. The first-order valence-electron chi connectivity index (χ1n) is 10.5. The van der Waals surface area contributed by atoms with Crippen LogP contribution >= 0.6 is 0 Å². The average molecular weight is 402 g/mol. The number of carbonyl (C=O) groups is 1. The predicted octanol–water partition coefficient (Wildman–Crippen LogP) is 3.19. The number of H-pyrrole nitrogens is 1. The number of piperidine rings is 2. The van der Waals surface area contributed by atoms with Crippen LogP contribution in [-0.4, -0.2) is 64.9 Å². The van der Waals surface area contributed by atoms with Crippen molar-refractivity contribution in [3.63, 3.8) is 0 Å². The number of imidazole rings is 1. The van der Waals surface area contributed by atoms with Crippen molar-refractivity contribution in [2.75, 3.05) is 43.5 Å². The Labute approximate surface area is 171 Å². The number of hydrogen-bond donors (Lipinski definition) is 3. The second-order valence-electron chi connectivity index (χ2n) is 8.70. The highest BCUT2D eigenvalue weighted by Crippen LogP contribution is 2.35. The summed E-state index contributed by atoms with van der Waals surface area (Å²) in [6.07, 6.45) is 3.57. The Morgan fingerprint density at radius 3 is 2.79 bits per heavy atom. The lowest BCUT2D eigenvalue weighted by Gasteiger charge is -2.35. The van der Waals surface area contributed by atoms with Crippen molar-refractivity contribution >= 4 is 28.7 Å². The zero-order valence-corrected chi connectivity index (χ0v) is 17.5. The van der Waals surface area contributed by atoms with Gasteiger partial charge in [0.15, 0.2) is 0 Å². The molecular formula is C21H31N5O3. The van der Waals surface area contributed by atoms with Gasteiger partial charge < -0.3 is 24.6 Å². The Kier molecular flexibility index (Phi) is 5.29. The van der Waals surface area contributed by atoms with E-state index in [1.807, 2.05) is 13.0 Å². The van der Waals surface area contributed by atoms with Gasteiger partial charge >= 0.3 is 6.03 Å². The van der Waals surface area contributed by atoms with Crippen LogP contribution in [0.25, 0.3) is 11.0 Å². The molecule has 0 bridgehead atoms. The van der Waals surface area contributed by atoms with Gasteiger partial charge in [0.1, 0.15) is 16.8 Å². The number of nitrogens with one attached hydrogen (secondary N) is 2. The molecule has 3 N–H and O–H groups in total. The Bertz CT molecular complexity index is 884. The number of benzene rings is 1. The molecule has 0 saturated carbocycles. The first kappa shape index (κ1) is 19.8. The standard InChI is InChI=1S/C21H31N5O3/c1-14-5-4-10-26(13-14)15-6-7-16(29-3)18-17(15)22-19(23-18)24-20(27)25-11-8-21(2,28)9-12-25/h6-7,14,28H,4-5,8-13H2,1-3H3,(H2,22,23,24,27). The van der Waals surface area contributed by atoms with Crippen molar-refractivity contribution in [3.05, 3.63) is 12.1 Å². The van der Waals surface area contributed by atoms with Crippen LogP contribution in [0.2, 0.25) is 0 Å². The van der Waals surface area contributed by atoms with Crippen LogP contribution in [-0.2, 0) is 0 Å². The summed E-state index contributed by atoms with van der Waals surface area (Å²) in [6, 6.07) is 3.80.